The van der Waals surface area contributed by atoms with Crippen molar-refractivity contribution in [1.82, 2.24) is 35.3 Å². The third kappa shape index (κ3) is 5.08. The molecule has 1 aromatic heterocycles. The number of benzene rings is 1. The number of hydrogen-bond donors (Lipinski definition) is 1. The minimum absolute atomic E-state index is 0. The summed E-state index contributed by atoms with van der Waals surface area (Å²) in [5.74, 6) is -0.666. The molecule has 0 bridgehead atoms. The molecule has 2 unspecified atom stereocenters. The minimum atomic E-state index is -4.68. The highest BCUT2D eigenvalue weighted by Crippen LogP contribution is 2.31. The lowest BCUT2D eigenvalue weighted by molar-refractivity contribution is -0.146. The van der Waals surface area contributed by atoms with E-state index in [1.807, 2.05) is 0 Å². The average Bonchev–Trinajstić information content (AvgIpc) is 3.24. The van der Waals surface area contributed by atoms with E-state index in [1.165, 1.54) is 13.2 Å². The van der Waals surface area contributed by atoms with Crippen molar-refractivity contribution >= 4 is 31.2 Å². The van der Waals surface area contributed by atoms with Crippen LogP contribution < -0.4 is 10.1 Å². The number of nitrogens with zero attached hydrogens (tertiary/aromatic N) is 6. The number of alkyl halides is 3. The van der Waals surface area contributed by atoms with Gasteiger partial charge in [-0.25, -0.2) is 0 Å². The van der Waals surface area contributed by atoms with Gasteiger partial charge in [-0.15, -0.1) is 29.9 Å². The summed E-state index contributed by atoms with van der Waals surface area (Å²) in [6.07, 6.45) is -3.41. The van der Waals surface area contributed by atoms with E-state index < -0.39 is 12.0 Å². The van der Waals surface area contributed by atoms with Gasteiger partial charge in [0.05, 0.1) is 18.8 Å². The number of hydrogen-bond acceptors (Lipinski definition) is 7. The van der Waals surface area contributed by atoms with Crippen LogP contribution in [0.5, 0.6) is 5.75 Å². The molecule has 178 valence electrons. The number of carbonyl (C=O) groups excluding carboxylic acids is 1. The number of tetrazole rings is 1. The molecule has 3 heterocycles. The van der Waals surface area contributed by atoms with Crippen molar-refractivity contribution in [3.63, 3.8) is 0 Å². The van der Waals surface area contributed by atoms with E-state index in [4.69, 9.17) is 4.74 Å². The van der Waals surface area contributed by atoms with Crippen LogP contribution in [0.3, 0.4) is 0 Å². The molecule has 2 aromatic rings. The monoisotopic (exact) mass is 497 g/mol. The lowest BCUT2D eigenvalue weighted by Crippen LogP contribution is -2.66. The van der Waals surface area contributed by atoms with Gasteiger partial charge in [-0.2, -0.15) is 17.9 Å². The molecule has 0 aliphatic carbocycles. The summed E-state index contributed by atoms with van der Waals surface area (Å²) in [7, 11) is 1.50. The summed E-state index contributed by atoms with van der Waals surface area (Å²) in [5.41, 5.74) is 0.859. The number of rotatable bonds is 5. The molecule has 2 aliphatic heterocycles. The molecule has 1 aromatic carbocycles. The normalized spacial score (nSPS) is 21.2. The van der Waals surface area contributed by atoms with Crippen LogP contribution in [0.2, 0.25) is 0 Å². The van der Waals surface area contributed by atoms with Crippen molar-refractivity contribution in [2.45, 2.75) is 24.7 Å². The highest BCUT2D eigenvalue weighted by Gasteiger charge is 2.39. The Morgan fingerprint density at radius 1 is 1.25 bits per heavy atom. The zero-order chi connectivity index (χ0) is 21.3. The van der Waals surface area contributed by atoms with Crippen LogP contribution in [-0.2, 0) is 17.4 Å². The number of aromatic nitrogens is 4. The summed E-state index contributed by atoms with van der Waals surface area (Å²) in [6, 6.07) is 4.63. The zero-order valence-electron chi connectivity index (χ0n) is 17.2. The SMILES string of the molecule is COc1ccc(-n2nnnc2C(F)(F)F)cc1CC1C2CNCCN2CCN1C=O.Cl.Cl. The summed E-state index contributed by atoms with van der Waals surface area (Å²) < 4.78 is 45.8. The summed E-state index contributed by atoms with van der Waals surface area (Å²) >= 11 is 0. The van der Waals surface area contributed by atoms with Gasteiger partial charge in [0.25, 0.3) is 5.82 Å². The maximum absolute atomic E-state index is 13.2. The van der Waals surface area contributed by atoms with Crippen LogP contribution in [-0.4, -0.2) is 88.3 Å². The quantitative estimate of drug-likeness (QED) is 0.620. The van der Waals surface area contributed by atoms with Crippen LogP contribution in [0.4, 0.5) is 13.2 Å². The van der Waals surface area contributed by atoms with Crippen molar-refractivity contribution in [1.29, 1.82) is 0 Å². The fraction of sp³-hybridized carbons (Fsp3) is 0.556. The summed E-state index contributed by atoms with van der Waals surface area (Å²) in [6.45, 7) is 3.94. The molecule has 2 saturated heterocycles. The van der Waals surface area contributed by atoms with Gasteiger partial charge in [-0.3, -0.25) is 9.69 Å². The molecule has 1 N–H and O–H groups in total. The fourth-order valence-electron chi connectivity index (χ4n) is 4.26. The molecule has 2 aliphatic rings. The largest absolute Gasteiger partial charge is 0.496 e. The first kappa shape index (κ1) is 26.1. The Morgan fingerprint density at radius 3 is 2.72 bits per heavy atom. The number of piperazine rings is 2. The number of fused-ring (bicyclic) bond motifs is 1. The highest BCUT2D eigenvalue weighted by molar-refractivity contribution is 5.85. The molecule has 9 nitrogen and oxygen atoms in total. The Balaban J connectivity index is 0.00000181. The van der Waals surface area contributed by atoms with Gasteiger partial charge in [0.1, 0.15) is 5.75 Å². The Labute approximate surface area is 195 Å². The standard InChI is InChI=1S/C18H22F3N7O2.2ClH/c1-30-16-3-2-13(28-17(18(19,20)21)23-24-25-28)8-12(16)9-14-15-10-22-4-5-26(15)6-7-27(14)11-29;;/h2-3,8,11,14-15,22H,4-7,9-10H2,1H3;2*1H. The van der Waals surface area contributed by atoms with Gasteiger partial charge >= 0.3 is 6.18 Å². The van der Waals surface area contributed by atoms with Gasteiger partial charge < -0.3 is 15.0 Å². The van der Waals surface area contributed by atoms with E-state index in [2.05, 4.69) is 25.7 Å². The molecule has 2 fully saturated rings. The van der Waals surface area contributed by atoms with E-state index in [-0.39, 0.29) is 42.6 Å². The maximum atomic E-state index is 13.2. The zero-order valence-corrected chi connectivity index (χ0v) is 18.8. The van der Waals surface area contributed by atoms with Crippen LogP contribution in [0, 0.1) is 0 Å². The van der Waals surface area contributed by atoms with Gasteiger partial charge in [0.2, 0.25) is 6.41 Å². The van der Waals surface area contributed by atoms with Gasteiger partial charge in [0, 0.05) is 38.8 Å². The Bertz CT molecular complexity index is 915. The van der Waals surface area contributed by atoms with E-state index >= 15 is 0 Å². The summed E-state index contributed by atoms with van der Waals surface area (Å²) in [5, 5.41) is 13.1. The highest BCUT2D eigenvalue weighted by atomic mass is 35.5. The van der Waals surface area contributed by atoms with Crippen LogP contribution in [0.15, 0.2) is 18.2 Å². The average molecular weight is 498 g/mol. The molecule has 1 amide bonds. The third-order valence-corrected chi connectivity index (χ3v) is 5.71. The maximum Gasteiger partial charge on any atom is 0.453 e. The molecular weight excluding hydrogens is 474 g/mol. The second-order valence-electron chi connectivity index (χ2n) is 7.33. The predicted octanol–water partition coefficient (Wildman–Crippen LogP) is 1.19. The Morgan fingerprint density at radius 2 is 2.03 bits per heavy atom. The molecule has 2 atom stereocenters. The predicted molar refractivity (Wildman–Crippen MR) is 114 cm³/mol. The number of carbonyl (C=O) groups is 1. The van der Waals surface area contributed by atoms with Crippen LogP contribution >= 0.6 is 24.8 Å². The van der Waals surface area contributed by atoms with Crippen molar-refractivity contribution < 1.29 is 22.7 Å². The number of nitrogens with one attached hydrogen (secondary N) is 1. The second-order valence-corrected chi connectivity index (χ2v) is 7.33. The number of methoxy groups -OCH3 is 1. The first-order chi connectivity index (χ1) is 14.4. The van der Waals surface area contributed by atoms with Crippen molar-refractivity contribution in [2.24, 2.45) is 0 Å². The van der Waals surface area contributed by atoms with E-state index in [0.29, 0.717) is 29.0 Å². The molecular formula is C18H24Cl2F3N7O2. The lowest BCUT2D eigenvalue weighted by Gasteiger charge is -2.49. The van der Waals surface area contributed by atoms with E-state index in [1.54, 1.807) is 17.0 Å². The van der Waals surface area contributed by atoms with Gasteiger partial charge in [0.15, 0.2) is 0 Å². The number of amides is 1. The second kappa shape index (κ2) is 10.6. The van der Waals surface area contributed by atoms with Gasteiger partial charge in [-0.05, 0) is 40.6 Å². The first-order valence-electron chi connectivity index (χ1n) is 9.61. The van der Waals surface area contributed by atoms with Crippen LogP contribution in [0.1, 0.15) is 11.4 Å². The fourth-order valence-corrected chi connectivity index (χ4v) is 4.26. The number of halogens is 5. The van der Waals surface area contributed by atoms with Crippen molar-refractivity contribution in [3.05, 3.63) is 29.6 Å². The van der Waals surface area contributed by atoms with Crippen LogP contribution in [0.25, 0.3) is 5.69 Å². The first-order valence-corrected chi connectivity index (χ1v) is 9.61. The molecule has 14 heteroatoms. The van der Waals surface area contributed by atoms with Crippen molar-refractivity contribution in [3.8, 4) is 11.4 Å². The Kier molecular flexibility index (Phi) is 8.68. The smallest absolute Gasteiger partial charge is 0.453 e. The van der Waals surface area contributed by atoms with Crippen molar-refractivity contribution in [2.75, 3.05) is 39.8 Å². The minimum Gasteiger partial charge on any atom is -0.496 e. The molecule has 0 radical (unpaired) electrons. The molecule has 32 heavy (non-hydrogen) atoms. The number of ether oxygens (including phenoxy) is 1. The topological polar surface area (TPSA) is 88.4 Å². The lowest BCUT2D eigenvalue weighted by atomic mass is 9.92. The third-order valence-electron chi connectivity index (χ3n) is 5.71. The molecule has 4 rings (SSSR count). The van der Waals surface area contributed by atoms with Gasteiger partial charge in [-0.1, -0.05) is 0 Å². The van der Waals surface area contributed by atoms with E-state index in [0.717, 1.165) is 32.6 Å². The van der Waals surface area contributed by atoms with E-state index in [9.17, 15) is 18.0 Å². The summed E-state index contributed by atoms with van der Waals surface area (Å²) in [4.78, 5) is 15.8. The Hall–Kier alpha value is -2.15. The molecule has 0 spiro atoms. The molecule has 0 saturated carbocycles.